The summed E-state index contributed by atoms with van der Waals surface area (Å²) in [7, 11) is 0. The van der Waals surface area contributed by atoms with E-state index in [0.717, 1.165) is 0 Å². The van der Waals surface area contributed by atoms with Crippen LogP contribution in [0.5, 0.6) is 0 Å². The topological polar surface area (TPSA) is 130 Å². The van der Waals surface area contributed by atoms with Crippen LogP contribution in [0.25, 0.3) is 0 Å². The number of carboxylic acids is 1. The summed E-state index contributed by atoms with van der Waals surface area (Å²) >= 11 is 0. The zero-order valence-electron chi connectivity index (χ0n) is 10.8. The van der Waals surface area contributed by atoms with Gasteiger partial charge in [-0.3, -0.25) is 4.79 Å². The maximum Gasteiger partial charge on any atom is 0.326 e. The molecule has 0 bridgehead atoms. The number of nitrogens with two attached hydrogens (primary N) is 2. The van der Waals surface area contributed by atoms with E-state index in [1.54, 1.807) is 18.2 Å². The van der Waals surface area contributed by atoms with Crippen LogP contribution in [0.4, 0.5) is 5.69 Å². The van der Waals surface area contributed by atoms with Crippen molar-refractivity contribution < 1.29 is 19.8 Å². The number of fused-ring (bicyclic) bond motifs is 1. The summed E-state index contributed by atoms with van der Waals surface area (Å²) in [4.78, 5) is 24.8. The summed E-state index contributed by atoms with van der Waals surface area (Å²) < 4.78 is 0. The van der Waals surface area contributed by atoms with Crippen LogP contribution in [0.1, 0.15) is 28.8 Å². The second-order valence-electron chi connectivity index (χ2n) is 4.81. The average molecular weight is 279 g/mol. The molecule has 108 valence electrons. The van der Waals surface area contributed by atoms with Gasteiger partial charge in [-0.2, -0.15) is 0 Å². The molecule has 7 heteroatoms. The molecule has 1 aromatic rings. The molecule has 6 N–H and O–H groups in total. The fourth-order valence-corrected chi connectivity index (χ4v) is 2.37. The van der Waals surface area contributed by atoms with E-state index >= 15 is 0 Å². The predicted molar refractivity (Wildman–Crippen MR) is 71.6 cm³/mol. The molecule has 2 unspecified atom stereocenters. The third-order valence-electron chi connectivity index (χ3n) is 3.43. The lowest BCUT2D eigenvalue weighted by Crippen LogP contribution is -2.42. The van der Waals surface area contributed by atoms with Gasteiger partial charge < -0.3 is 26.6 Å². The Morgan fingerprint density at radius 3 is 2.65 bits per heavy atom. The monoisotopic (exact) mass is 279 g/mol. The molecule has 0 aliphatic carbocycles. The lowest BCUT2D eigenvalue weighted by atomic mass is 10.1. The van der Waals surface area contributed by atoms with E-state index in [0.29, 0.717) is 16.8 Å². The summed E-state index contributed by atoms with van der Waals surface area (Å²) in [5.74, 6) is -1.48. The van der Waals surface area contributed by atoms with Crippen LogP contribution in [0.2, 0.25) is 0 Å². The average Bonchev–Trinajstić information content (AvgIpc) is 2.69. The summed E-state index contributed by atoms with van der Waals surface area (Å²) in [5, 5.41) is 18.3. The van der Waals surface area contributed by atoms with Crippen LogP contribution in [0, 0.1) is 0 Å². The summed E-state index contributed by atoms with van der Waals surface area (Å²) in [6.45, 7) is 0.165. The van der Waals surface area contributed by atoms with Gasteiger partial charge in [0.15, 0.2) is 0 Å². The molecular weight excluding hydrogens is 262 g/mol. The lowest BCUT2D eigenvalue weighted by molar-refractivity contribution is -0.142. The number of nitrogen functional groups attached to an aromatic ring is 1. The number of anilines is 1. The molecule has 2 atom stereocenters. The van der Waals surface area contributed by atoms with Crippen molar-refractivity contribution in [2.45, 2.75) is 31.7 Å². The highest BCUT2D eigenvalue weighted by atomic mass is 16.4. The molecule has 0 spiro atoms. The minimum absolute atomic E-state index is 0.0899. The Hall–Kier alpha value is -2.12. The Balaban J connectivity index is 2.23. The van der Waals surface area contributed by atoms with Crippen molar-refractivity contribution in [3.63, 3.8) is 0 Å². The van der Waals surface area contributed by atoms with Crippen molar-refractivity contribution in [3.05, 3.63) is 29.3 Å². The third kappa shape index (κ3) is 2.59. The van der Waals surface area contributed by atoms with Gasteiger partial charge >= 0.3 is 5.97 Å². The summed E-state index contributed by atoms with van der Waals surface area (Å²) in [5.41, 5.74) is 12.6. The molecule has 0 fully saturated rings. The fourth-order valence-electron chi connectivity index (χ4n) is 2.37. The maximum atomic E-state index is 12.3. The first-order valence-electron chi connectivity index (χ1n) is 6.26. The lowest BCUT2D eigenvalue weighted by Gasteiger charge is -2.24. The molecular formula is C13H17N3O4. The molecule has 7 nitrogen and oxygen atoms in total. The number of rotatable bonds is 5. The zero-order valence-corrected chi connectivity index (χ0v) is 10.8. The van der Waals surface area contributed by atoms with Crippen molar-refractivity contribution >= 4 is 17.6 Å². The van der Waals surface area contributed by atoms with E-state index in [1.165, 1.54) is 4.90 Å². The van der Waals surface area contributed by atoms with Crippen LogP contribution in [0.3, 0.4) is 0 Å². The fraction of sp³-hybridized carbons (Fsp3) is 0.385. The van der Waals surface area contributed by atoms with E-state index in [4.69, 9.17) is 16.6 Å². The number of aliphatic carboxylic acids is 1. The number of carbonyl (C=O) groups is 2. The van der Waals surface area contributed by atoms with E-state index in [1.807, 2.05) is 0 Å². The highest BCUT2D eigenvalue weighted by Gasteiger charge is 2.37. The van der Waals surface area contributed by atoms with Gasteiger partial charge in [0.1, 0.15) is 12.3 Å². The number of aliphatic hydroxyl groups is 1. The minimum Gasteiger partial charge on any atom is -0.480 e. The predicted octanol–water partition coefficient (Wildman–Crippen LogP) is -0.265. The first kappa shape index (κ1) is 14.3. The van der Waals surface area contributed by atoms with Crippen molar-refractivity contribution in [3.8, 4) is 0 Å². The molecule has 0 radical (unpaired) electrons. The normalized spacial score (nSPS) is 16.9. The van der Waals surface area contributed by atoms with Gasteiger partial charge in [0.05, 0.1) is 0 Å². The molecule has 1 aliphatic rings. The van der Waals surface area contributed by atoms with Crippen LogP contribution >= 0.6 is 0 Å². The smallest absolute Gasteiger partial charge is 0.326 e. The second-order valence-corrected chi connectivity index (χ2v) is 4.81. The van der Waals surface area contributed by atoms with E-state index in [2.05, 4.69) is 0 Å². The number of hydrogen-bond acceptors (Lipinski definition) is 5. The number of hydrogen-bond donors (Lipinski definition) is 4. The largest absolute Gasteiger partial charge is 0.480 e. The van der Waals surface area contributed by atoms with Crippen molar-refractivity contribution in [2.24, 2.45) is 5.73 Å². The molecule has 0 saturated carbocycles. The van der Waals surface area contributed by atoms with E-state index < -0.39 is 18.2 Å². The number of amides is 1. The standard InChI is InChI=1S/C13H17N3O4/c14-9-3-1-2-7-8(9)6-16(12(7)18)10(13(19)20)4-5-11(15)17/h1-3,10-11,17H,4-6,14-15H2,(H,19,20). The van der Waals surface area contributed by atoms with Crippen molar-refractivity contribution in [2.75, 3.05) is 5.73 Å². The number of nitrogens with zero attached hydrogens (tertiary/aromatic N) is 1. The molecule has 0 saturated heterocycles. The summed E-state index contributed by atoms with van der Waals surface area (Å²) in [6, 6.07) is 3.95. The van der Waals surface area contributed by atoms with Gasteiger partial charge in [-0.15, -0.1) is 0 Å². The van der Waals surface area contributed by atoms with Gasteiger partial charge in [-0.05, 0) is 25.0 Å². The van der Waals surface area contributed by atoms with Gasteiger partial charge in [0.2, 0.25) is 0 Å². The highest BCUT2D eigenvalue weighted by molar-refractivity contribution is 6.01. The zero-order chi connectivity index (χ0) is 14.9. The van der Waals surface area contributed by atoms with Crippen molar-refractivity contribution in [1.29, 1.82) is 0 Å². The number of carbonyl (C=O) groups excluding carboxylic acids is 1. The Bertz CT molecular complexity index is 544. The van der Waals surface area contributed by atoms with Crippen LogP contribution in [-0.4, -0.2) is 39.3 Å². The minimum atomic E-state index is -1.12. The maximum absolute atomic E-state index is 12.3. The SMILES string of the molecule is Nc1cccc2c1CN(C(CCC(N)O)C(=O)O)C2=O. The van der Waals surface area contributed by atoms with Gasteiger partial charge in [-0.1, -0.05) is 6.07 Å². The Morgan fingerprint density at radius 2 is 2.10 bits per heavy atom. The molecule has 1 heterocycles. The molecule has 1 aliphatic heterocycles. The summed E-state index contributed by atoms with van der Waals surface area (Å²) in [6.07, 6.45) is -0.902. The number of aliphatic hydroxyl groups excluding tert-OH is 1. The van der Waals surface area contributed by atoms with Crippen LogP contribution < -0.4 is 11.5 Å². The van der Waals surface area contributed by atoms with Crippen LogP contribution in [-0.2, 0) is 11.3 Å². The molecule has 1 aromatic carbocycles. The molecule has 1 amide bonds. The highest BCUT2D eigenvalue weighted by Crippen LogP contribution is 2.30. The molecule has 2 rings (SSSR count). The third-order valence-corrected chi connectivity index (χ3v) is 3.43. The Labute approximate surface area is 115 Å². The van der Waals surface area contributed by atoms with Crippen molar-refractivity contribution in [1.82, 2.24) is 4.90 Å². The van der Waals surface area contributed by atoms with E-state index in [9.17, 15) is 14.7 Å². The second kappa shape index (κ2) is 5.48. The van der Waals surface area contributed by atoms with E-state index in [-0.39, 0.29) is 25.3 Å². The quantitative estimate of drug-likeness (QED) is 0.434. The number of carboxylic acid groups (broad SMARTS) is 1. The van der Waals surface area contributed by atoms with Gasteiger partial charge in [0, 0.05) is 23.4 Å². The van der Waals surface area contributed by atoms with Gasteiger partial charge in [-0.25, -0.2) is 4.79 Å². The van der Waals surface area contributed by atoms with Gasteiger partial charge in [0.25, 0.3) is 5.91 Å². The first-order valence-corrected chi connectivity index (χ1v) is 6.26. The molecule has 20 heavy (non-hydrogen) atoms. The number of benzene rings is 1. The first-order chi connectivity index (χ1) is 9.41. The Kier molecular flexibility index (Phi) is 3.91. The molecule has 0 aromatic heterocycles. The Morgan fingerprint density at radius 1 is 1.40 bits per heavy atom. The van der Waals surface area contributed by atoms with Crippen LogP contribution in [0.15, 0.2) is 18.2 Å².